The first-order chi connectivity index (χ1) is 7.14. The molecule has 0 saturated carbocycles. The Morgan fingerprint density at radius 3 is 2.12 bits per heavy atom. The molecule has 9 heteroatoms. The topological polar surface area (TPSA) is 122 Å². The van der Waals surface area contributed by atoms with E-state index in [1.165, 1.54) is 4.72 Å². The van der Waals surface area contributed by atoms with Crippen molar-refractivity contribution in [1.29, 1.82) is 0 Å². The fraction of sp³-hybridized carbons (Fsp3) is 0.714. The lowest BCUT2D eigenvalue weighted by molar-refractivity contribution is -0.138. The lowest BCUT2D eigenvalue weighted by Gasteiger charge is -2.12. The Bertz CT molecular complexity index is 363. The van der Waals surface area contributed by atoms with Crippen molar-refractivity contribution in [3.63, 3.8) is 0 Å². The van der Waals surface area contributed by atoms with Crippen molar-refractivity contribution < 1.29 is 27.9 Å². The first-order valence-corrected chi connectivity index (χ1v) is 5.86. The van der Waals surface area contributed by atoms with Crippen LogP contribution in [0.25, 0.3) is 0 Å². The van der Waals surface area contributed by atoms with Crippen molar-refractivity contribution in [2.75, 3.05) is 0 Å². The van der Waals surface area contributed by atoms with E-state index in [0.29, 0.717) is 0 Å². The third-order valence-corrected chi connectivity index (χ3v) is 2.36. The van der Waals surface area contributed by atoms with Gasteiger partial charge in [0.2, 0.25) is 0 Å². The lowest BCUT2D eigenvalue weighted by atomic mass is 10.4. The van der Waals surface area contributed by atoms with Gasteiger partial charge in [0, 0.05) is 0 Å². The molecular weight excluding hydrogens is 240 g/mol. The van der Waals surface area contributed by atoms with Crippen molar-refractivity contribution in [2.45, 2.75) is 32.9 Å². The maximum atomic E-state index is 11.2. The third kappa shape index (κ3) is 6.19. The molecule has 0 aliphatic carbocycles. The minimum atomic E-state index is -4.23. The van der Waals surface area contributed by atoms with E-state index in [-0.39, 0.29) is 0 Å². The lowest BCUT2D eigenvalue weighted by Crippen LogP contribution is -2.47. The second-order valence-corrected chi connectivity index (χ2v) is 4.68. The van der Waals surface area contributed by atoms with Crippen LogP contribution in [0.3, 0.4) is 0 Å². The van der Waals surface area contributed by atoms with Gasteiger partial charge in [-0.2, -0.15) is 13.1 Å². The smallest absolute Gasteiger partial charge is 0.422 e. The minimum Gasteiger partial charge on any atom is -0.480 e. The maximum Gasteiger partial charge on any atom is 0.422 e. The molecule has 0 bridgehead atoms. The van der Waals surface area contributed by atoms with E-state index in [4.69, 9.17) is 5.11 Å². The molecule has 0 spiro atoms. The van der Waals surface area contributed by atoms with Crippen LogP contribution in [-0.2, 0) is 19.7 Å². The fourth-order valence-corrected chi connectivity index (χ4v) is 1.55. The highest BCUT2D eigenvalue weighted by Gasteiger charge is 2.22. The quantitative estimate of drug-likeness (QED) is 0.604. The molecule has 0 aromatic heterocycles. The van der Waals surface area contributed by atoms with E-state index in [1.54, 1.807) is 18.6 Å². The van der Waals surface area contributed by atoms with Crippen molar-refractivity contribution in [3.05, 3.63) is 0 Å². The second kappa shape index (κ2) is 5.66. The van der Waals surface area contributed by atoms with Crippen LogP contribution in [0, 0.1) is 0 Å². The van der Waals surface area contributed by atoms with Crippen LogP contribution in [0.1, 0.15) is 20.8 Å². The molecule has 0 saturated heterocycles. The molecular formula is C7H14N2O6S. The standard InChI is InChI=1S/C7H14N2O6S/c1-4(2)15-7(12)9-16(13,14)8-5(3)6(10)11/h4-5,8H,1-3H3,(H,9,12)(H,10,11)/t5-/m0/s1. The summed E-state index contributed by atoms with van der Waals surface area (Å²) in [5.74, 6) is -1.36. The molecule has 3 N–H and O–H groups in total. The SMILES string of the molecule is CC(C)OC(=O)NS(=O)(=O)N[C@@H](C)C(=O)O. The Morgan fingerprint density at radius 2 is 1.75 bits per heavy atom. The van der Waals surface area contributed by atoms with Crippen molar-refractivity contribution in [1.82, 2.24) is 9.44 Å². The van der Waals surface area contributed by atoms with Gasteiger partial charge in [-0.3, -0.25) is 4.79 Å². The van der Waals surface area contributed by atoms with E-state index in [0.717, 1.165) is 6.92 Å². The normalized spacial score (nSPS) is 13.2. The summed E-state index contributed by atoms with van der Waals surface area (Å²) in [6, 6.07) is -1.34. The first-order valence-electron chi connectivity index (χ1n) is 4.37. The van der Waals surface area contributed by atoms with Crippen LogP contribution in [-0.4, -0.2) is 37.7 Å². The number of carbonyl (C=O) groups is 2. The maximum absolute atomic E-state index is 11.2. The van der Waals surface area contributed by atoms with Gasteiger partial charge in [-0.15, -0.1) is 0 Å². The number of carboxylic acids is 1. The highest BCUT2D eigenvalue weighted by atomic mass is 32.2. The summed E-state index contributed by atoms with van der Waals surface area (Å²) in [6.07, 6.45) is -1.65. The Kier molecular flexibility index (Phi) is 5.18. The van der Waals surface area contributed by atoms with Gasteiger partial charge in [-0.05, 0) is 20.8 Å². The number of ether oxygens (including phenoxy) is 1. The number of nitrogens with one attached hydrogen (secondary N) is 2. The molecule has 0 aromatic rings. The zero-order valence-corrected chi connectivity index (χ0v) is 9.87. The van der Waals surface area contributed by atoms with Gasteiger partial charge in [0.15, 0.2) is 0 Å². The molecule has 8 nitrogen and oxygen atoms in total. The molecule has 0 unspecified atom stereocenters. The number of carbonyl (C=O) groups excluding carboxylic acids is 1. The summed E-state index contributed by atoms with van der Waals surface area (Å²) in [5.41, 5.74) is 0. The Hall–Kier alpha value is -1.35. The zero-order chi connectivity index (χ0) is 12.9. The predicted molar refractivity (Wildman–Crippen MR) is 53.9 cm³/mol. The summed E-state index contributed by atoms with van der Waals surface area (Å²) in [6.45, 7) is 4.20. The highest BCUT2D eigenvalue weighted by molar-refractivity contribution is 7.88. The molecule has 1 atom stereocenters. The van der Waals surface area contributed by atoms with Crippen LogP contribution < -0.4 is 9.44 Å². The largest absolute Gasteiger partial charge is 0.480 e. The molecule has 1 amide bonds. The first kappa shape index (κ1) is 14.6. The molecule has 0 aliphatic rings. The van der Waals surface area contributed by atoms with Crippen molar-refractivity contribution >= 4 is 22.3 Å². The molecule has 0 radical (unpaired) electrons. The van der Waals surface area contributed by atoms with E-state index in [1.807, 2.05) is 0 Å². The Balaban J connectivity index is 4.36. The molecule has 0 aliphatic heterocycles. The van der Waals surface area contributed by atoms with E-state index < -0.39 is 34.4 Å². The number of rotatable bonds is 5. The monoisotopic (exact) mass is 254 g/mol. The van der Waals surface area contributed by atoms with Crippen molar-refractivity contribution in [2.24, 2.45) is 0 Å². The van der Waals surface area contributed by atoms with Crippen LogP contribution >= 0.6 is 0 Å². The van der Waals surface area contributed by atoms with E-state index in [2.05, 4.69) is 4.74 Å². The molecule has 0 rings (SSSR count). The van der Waals surface area contributed by atoms with Gasteiger partial charge in [-0.25, -0.2) is 9.52 Å². The highest BCUT2D eigenvalue weighted by Crippen LogP contribution is 1.91. The van der Waals surface area contributed by atoms with Gasteiger partial charge >= 0.3 is 22.3 Å². The minimum absolute atomic E-state index is 0.480. The number of amides is 1. The van der Waals surface area contributed by atoms with E-state index in [9.17, 15) is 18.0 Å². The van der Waals surface area contributed by atoms with Gasteiger partial charge in [0.1, 0.15) is 6.04 Å². The summed E-state index contributed by atoms with van der Waals surface area (Å²) < 4.78 is 30.0. The van der Waals surface area contributed by atoms with Crippen LogP contribution in [0.2, 0.25) is 0 Å². The van der Waals surface area contributed by atoms with Gasteiger partial charge < -0.3 is 9.84 Å². The number of hydrogen-bond acceptors (Lipinski definition) is 5. The van der Waals surface area contributed by atoms with Crippen LogP contribution in [0.5, 0.6) is 0 Å². The number of hydrogen-bond donors (Lipinski definition) is 3. The second-order valence-electron chi connectivity index (χ2n) is 3.24. The molecule has 0 heterocycles. The molecule has 16 heavy (non-hydrogen) atoms. The van der Waals surface area contributed by atoms with Crippen LogP contribution in [0.15, 0.2) is 0 Å². The average molecular weight is 254 g/mol. The van der Waals surface area contributed by atoms with Crippen molar-refractivity contribution in [3.8, 4) is 0 Å². The summed E-state index contributed by atoms with van der Waals surface area (Å²) in [5, 5.41) is 8.45. The third-order valence-electron chi connectivity index (χ3n) is 1.26. The predicted octanol–water partition coefficient (Wildman–Crippen LogP) is -0.571. The van der Waals surface area contributed by atoms with Gasteiger partial charge in [0.05, 0.1) is 6.10 Å². The number of aliphatic carboxylic acids is 1. The van der Waals surface area contributed by atoms with Crippen LogP contribution in [0.4, 0.5) is 4.79 Å². The molecule has 0 aromatic carbocycles. The Morgan fingerprint density at radius 1 is 1.25 bits per heavy atom. The Labute approximate surface area is 93.2 Å². The van der Waals surface area contributed by atoms with Gasteiger partial charge in [-0.1, -0.05) is 0 Å². The summed E-state index contributed by atoms with van der Waals surface area (Å²) in [4.78, 5) is 21.3. The summed E-state index contributed by atoms with van der Waals surface area (Å²) >= 11 is 0. The molecule has 0 fully saturated rings. The van der Waals surface area contributed by atoms with Gasteiger partial charge in [0.25, 0.3) is 0 Å². The molecule has 94 valence electrons. The zero-order valence-electron chi connectivity index (χ0n) is 9.05. The fourth-order valence-electron chi connectivity index (χ4n) is 0.660. The van der Waals surface area contributed by atoms with E-state index >= 15 is 0 Å². The number of carboxylic acid groups (broad SMARTS) is 1. The average Bonchev–Trinajstić information content (AvgIpc) is 1.98. The summed E-state index contributed by atoms with van der Waals surface area (Å²) in [7, 11) is -4.23.